The minimum absolute atomic E-state index is 0.0253. The van der Waals surface area contributed by atoms with Crippen LogP contribution in [0.15, 0.2) is 36.4 Å². The largest absolute Gasteiger partial charge is 0.489 e. The molecular weight excluding hydrogens is 359 g/mol. The average molecular weight is 379 g/mol. The maximum Gasteiger partial charge on any atom is 0.416 e. The Bertz CT molecular complexity index is 843. The first-order valence-corrected chi connectivity index (χ1v) is 8.83. The Labute approximate surface area is 155 Å². The first kappa shape index (κ1) is 19.2. The Morgan fingerprint density at radius 3 is 2.44 bits per heavy atom. The molecule has 0 bridgehead atoms. The predicted octanol–water partition coefficient (Wildman–Crippen LogP) is 6.16. The van der Waals surface area contributed by atoms with Crippen LogP contribution in [0.5, 0.6) is 5.75 Å². The topological polar surface area (TPSA) is 52.4 Å². The van der Waals surface area contributed by atoms with Crippen LogP contribution in [0.2, 0.25) is 0 Å². The number of nitro benzene ring substituents is 1. The summed E-state index contributed by atoms with van der Waals surface area (Å²) in [6.45, 7) is 1.55. The van der Waals surface area contributed by atoms with Crippen LogP contribution in [-0.4, -0.2) is 4.92 Å². The van der Waals surface area contributed by atoms with Crippen LogP contribution < -0.4 is 4.74 Å². The maximum atomic E-state index is 13.5. The van der Waals surface area contributed by atoms with Gasteiger partial charge in [0.15, 0.2) is 0 Å². The summed E-state index contributed by atoms with van der Waals surface area (Å²) in [5, 5.41) is 10.8. The molecule has 3 rings (SSSR count). The summed E-state index contributed by atoms with van der Waals surface area (Å²) in [4.78, 5) is 10.4. The average Bonchev–Trinajstić information content (AvgIpc) is 3.13. The van der Waals surface area contributed by atoms with Crippen molar-refractivity contribution in [3.63, 3.8) is 0 Å². The van der Waals surface area contributed by atoms with E-state index in [1.54, 1.807) is 19.1 Å². The van der Waals surface area contributed by atoms with E-state index in [1.165, 1.54) is 18.2 Å². The lowest BCUT2D eigenvalue weighted by Crippen LogP contribution is -2.12. The molecule has 0 N–H and O–H groups in total. The van der Waals surface area contributed by atoms with Gasteiger partial charge in [0.25, 0.3) is 5.69 Å². The van der Waals surface area contributed by atoms with Gasteiger partial charge in [0.2, 0.25) is 0 Å². The highest BCUT2D eigenvalue weighted by atomic mass is 19.4. The minimum atomic E-state index is -4.40. The highest BCUT2D eigenvalue weighted by Crippen LogP contribution is 2.42. The van der Waals surface area contributed by atoms with Crippen LogP contribution in [-0.2, 0) is 12.8 Å². The molecule has 0 radical (unpaired) electrons. The molecular formula is C20H20F3NO3. The van der Waals surface area contributed by atoms with E-state index in [1.807, 2.05) is 0 Å². The number of alkyl halides is 3. The summed E-state index contributed by atoms with van der Waals surface area (Å²) >= 11 is 0. The molecule has 0 aliphatic heterocycles. The van der Waals surface area contributed by atoms with E-state index in [-0.39, 0.29) is 18.2 Å². The van der Waals surface area contributed by atoms with Gasteiger partial charge in [0.1, 0.15) is 12.4 Å². The number of ether oxygens (including phenoxy) is 1. The molecule has 0 heterocycles. The summed E-state index contributed by atoms with van der Waals surface area (Å²) in [5.41, 5.74) is 0.609. The second kappa shape index (κ2) is 7.58. The fourth-order valence-corrected chi connectivity index (χ4v) is 3.62. The first-order valence-electron chi connectivity index (χ1n) is 8.83. The molecule has 0 amide bonds. The van der Waals surface area contributed by atoms with Crippen molar-refractivity contribution in [3.8, 4) is 5.75 Å². The van der Waals surface area contributed by atoms with Crippen molar-refractivity contribution < 1.29 is 22.8 Å². The quantitative estimate of drug-likeness (QED) is 0.462. The second-order valence-corrected chi connectivity index (χ2v) is 6.89. The van der Waals surface area contributed by atoms with Gasteiger partial charge in [0.05, 0.1) is 10.5 Å². The van der Waals surface area contributed by atoms with E-state index >= 15 is 0 Å². The van der Waals surface area contributed by atoms with Crippen LogP contribution in [0.1, 0.15) is 53.9 Å². The van der Waals surface area contributed by atoms with E-state index in [0.717, 1.165) is 31.7 Å². The molecule has 2 aromatic carbocycles. The number of hydrogen-bond acceptors (Lipinski definition) is 3. The molecule has 1 fully saturated rings. The molecule has 1 saturated carbocycles. The van der Waals surface area contributed by atoms with Crippen molar-refractivity contribution in [2.75, 3.05) is 0 Å². The molecule has 0 atom stereocenters. The number of hydrogen-bond donors (Lipinski definition) is 0. The van der Waals surface area contributed by atoms with Gasteiger partial charge in [-0.25, -0.2) is 0 Å². The highest BCUT2D eigenvalue weighted by Gasteiger charge is 2.36. The lowest BCUT2D eigenvalue weighted by molar-refractivity contribution is -0.385. The minimum Gasteiger partial charge on any atom is -0.489 e. The molecule has 27 heavy (non-hydrogen) atoms. The second-order valence-electron chi connectivity index (χ2n) is 6.89. The Balaban J connectivity index is 1.79. The smallest absolute Gasteiger partial charge is 0.416 e. The summed E-state index contributed by atoms with van der Waals surface area (Å²) in [6, 6.07) is 8.68. The Morgan fingerprint density at radius 2 is 1.85 bits per heavy atom. The van der Waals surface area contributed by atoms with Crippen molar-refractivity contribution in [3.05, 3.63) is 68.8 Å². The van der Waals surface area contributed by atoms with Crippen LogP contribution in [0, 0.1) is 17.0 Å². The summed E-state index contributed by atoms with van der Waals surface area (Å²) in [7, 11) is 0. The van der Waals surface area contributed by atoms with Gasteiger partial charge in [-0.05, 0) is 55.0 Å². The molecule has 2 aromatic rings. The zero-order valence-electron chi connectivity index (χ0n) is 14.9. The zero-order chi connectivity index (χ0) is 19.6. The van der Waals surface area contributed by atoms with Gasteiger partial charge < -0.3 is 4.74 Å². The van der Waals surface area contributed by atoms with Crippen molar-refractivity contribution in [2.45, 2.75) is 51.3 Å². The Hall–Kier alpha value is -2.57. The van der Waals surface area contributed by atoms with E-state index in [9.17, 15) is 23.3 Å². The third kappa shape index (κ3) is 4.40. The zero-order valence-corrected chi connectivity index (χ0v) is 14.9. The van der Waals surface area contributed by atoms with E-state index in [4.69, 9.17) is 4.74 Å². The van der Waals surface area contributed by atoms with Crippen molar-refractivity contribution in [1.29, 1.82) is 0 Å². The lowest BCUT2D eigenvalue weighted by Gasteiger charge is -2.19. The SMILES string of the molecule is Cc1cc(OCc2ccc(C3CCCC3)c(C(F)(F)F)c2)ccc1[N+](=O)[O-]. The van der Waals surface area contributed by atoms with E-state index < -0.39 is 16.7 Å². The molecule has 0 unspecified atom stereocenters. The fraction of sp³-hybridized carbons (Fsp3) is 0.400. The number of halogens is 3. The third-order valence-corrected chi connectivity index (χ3v) is 4.99. The standard InChI is InChI=1S/C20H20F3NO3/c1-13-10-16(7-9-19(13)24(25)26)27-12-14-6-8-17(15-4-2-3-5-15)18(11-14)20(21,22)23/h6-11,15H,2-5,12H2,1H3. The Kier molecular flexibility index (Phi) is 5.39. The normalized spacial score (nSPS) is 15.1. The molecule has 1 aliphatic rings. The number of nitro groups is 1. The highest BCUT2D eigenvalue weighted by molar-refractivity contribution is 5.44. The van der Waals surface area contributed by atoms with Gasteiger partial charge in [-0.2, -0.15) is 13.2 Å². The fourth-order valence-electron chi connectivity index (χ4n) is 3.62. The molecule has 0 aromatic heterocycles. The monoisotopic (exact) mass is 379 g/mol. The number of nitrogens with zero attached hydrogens (tertiary/aromatic N) is 1. The third-order valence-electron chi connectivity index (χ3n) is 4.99. The van der Waals surface area contributed by atoms with Gasteiger partial charge in [-0.3, -0.25) is 10.1 Å². The van der Waals surface area contributed by atoms with Crippen LogP contribution in [0.25, 0.3) is 0 Å². The van der Waals surface area contributed by atoms with Gasteiger partial charge >= 0.3 is 6.18 Å². The van der Waals surface area contributed by atoms with Gasteiger partial charge in [-0.1, -0.05) is 25.0 Å². The molecule has 0 spiro atoms. The van der Waals surface area contributed by atoms with Crippen LogP contribution in [0.3, 0.4) is 0 Å². The predicted molar refractivity (Wildman–Crippen MR) is 94.8 cm³/mol. The summed E-state index contributed by atoms with van der Waals surface area (Å²) in [6.07, 6.45) is -0.890. The Morgan fingerprint density at radius 1 is 1.15 bits per heavy atom. The molecule has 4 nitrogen and oxygen atoms in total. The van der Waals surface area contributed by atoms with Crippen molar-refractivity contribution >= 4 is 5.69 Å². The van der Waals surface area contributed by atoms with Crippen LogP contribution >= 0.6 is 0 Å². The van der Waals surface area contributed by atoms with E-state index in [2.05, 4.69) is 0 Å². The summed E-state index contributed by atoms with van der Waals surface area (Å²) in [5.74, 6) is 0.348. The van der Waals surface area contributed by atoms with Gasteiger partial charge in [0, 0.05) is 11.6 Å². The number of rotatable bonds is 5. The molecule has 7 heteroatoms. The van der Waals surface area contributed by atoms with Crippen molar-refractivity contribution in [2.24, 2.45) is 0 Å². The summed E-state index contributed by atoms with van der Waals surface area (Å²) < 4.78 is 46.1. The molecule has 1 aliphatic carbocycles. The van der Waals surface area contributed by atoms with Gasteiger partial charge in [-0.15, -0.1) is 0 Å². The number of benzene rings is 2. The first-order chi connectivity index (χ1) is 12.8. The van der Waals surface area contributed by atoms with E-state index in [0.29, 0.717) is 22.4 Å². The molecule has 144 valence electrons. The van der Waals surface area contributed by atoms with Crippen molar-refractivity contribution in [1.82, 2.24) is 0 Å². The number of aryl methyl sites for hydroxylation is 1. The maximum absolute atomic E-state index is 13.5. The van der Waals surface area contributed by atoms with Crippen LogP contribution in [0.4, 0.5) is 18.9 Å². The molecule has 0 saturated heterocycles. The lowest BCUT2D eigenvalue weighted by atomic mass is 9.91.